The first-order chi connectivity index (χ1) is 9.77. The SMILES string of the molecule is O=C(OCCOC(=O)[C@@H]1CC=CCC1)C1CCCCC1. The normalized spacial score (nSPS) is 23.3. The molecule has 0 N–H and O–H groups in total. The van der Waals surface area contributed by atoms with Crippen LogP contribution in [0.3, 0.4) is 0 Å². The Balaban J connectivity index is 1.57. The lowest BCUT2D eigenvalue weighted by Crippen LogP contribution is -2.24. The van der Waals surface area contributed by atoms with Crippen LogP contribution in [-0.2, 0) is 19.1 Å². The maximum Gasteiger partial charge on any atom is 0.309 e. The Morgan fingerprint density at radius 1 is 0.850 bits per heavy atom. The quantitative estimate of drug-likeness (QED) is 0.441. The van der Waals surface area contributed by atoms with E-state index in [0.29, 0.717) is 0 Å². The maximum atomic E-state index is 11.8. The van der Waals surface area contributed by atoms with Crippen LogP contribution in [0.4, 0.5) is 0 Å². The van der Waals surface area contributed by atoms with Gasteiger partial charge < -0.3 is 9.47 Å². The summed E-state index contributed by atoms with van der Waals surface area (Å²) in [6.07, 6.45) is 12.0. The molecule has 0 aromatic heterocycles. The topological polar surface area (TPSA) is 52.6 Å². The molecule has 0 aromatic rings. The summed E-state index contributed by atoms with van der Waals surface area (Å²) >= 11 is 0. The van der Waals surface area contributed by atoms with Gasteiger partial charge in [0.05, 0.1) is 11.8 Å². The Morgan fingerprint density at radius 2 is 1.50 bits per heavy atom. The highest BCUT2D eigenvalue weighted by Gasteiger charge is 2.23. The monoisotopic (exact) mass is 280 g/mol. The fourth-order valence-electron chi connectivity index (χ4n) is 2.87. The predicted octanol–water partition coefficient (Wildman–Crippen LogP) is 3.01. The predicted molar refractivity (Wildman–Crippen MR) is 75.0 cm³/mol. The van der Waals surface area contributed by atoms with Gasteiger partial charge in [-0.2, -0.15) is 0 Å². The molecule has 4 nitrogen and oxygen atoms in total. The van der Waals surface area contributed by atoms with Crippen molar-refractivity contribution in [3.05, 3.63) is 12.2 Å². The summed E-state index contributed by atoms with van der Waals surface area (Å²) in [4.78, 5) is 23.5. The van der Waals surface area contributed by atoms with Crippen LogP contribution in [0, 0.1) is 11.8 Å². The van der Waals surface area contributed by atoms with Gasteiger partial charge in [-0.15, -0.1) is 0 Å². The van der Waals surface area contributed by atoms with Crippen LogP contribution in [0.15, 0.2) is 12.2 Å². The van der Waals surface area contributed by atoms with E-state index in [9.17, 15) is 9.59 Å². The molecule has 4 heteroatoms. The number of hydrogen-bond donors (Lipinski definition) is 0. The molecule has 0 saturated heterocycles. The standard InChI is InChI=1S/C16H24O4/c17-15(13-7-3-1-4-8-13)19-11-12-20-16(18)14-9-5-2-6-10-14/h1,3,13-14H,2,4-12H2/t13-/m1/s1. The highest BCUT2D eigenvalue weighted by molar-refractivity contribution is 5.73. The summed E-state index contributed by atoms with van der Waals surface area (Å²) in [6, 6.07) is 0. The summed E-state index contributed by atoms with van der Waals surface area (Å²) in [7, 11) is 0. The molecule has 0 bridgehead atoms. The molecule has 0 aliphatic heterocycles. The van der Waals surface area contributed by atoms with E-state index in [1.54, 1.807) is 0 Å². The van der Waals surface area contributed by atoms with Gasteiger partial charge in [0, 0.05) is 0 Å². The van der Waals surface area contributed by atoms with Crippen LogP contribution >= 0.6 is 0 Å². The average Bonchev–Trinajstić information content (AvgIpc) is 2.53. The Hall–Kier alpha value is -1.32. The van der Waals surface area contributed by atoms with Crippen molar-refractivity contribution in [1.29, 1.82) is 0 Å². The lowest BCUT2D eigenvalue weighted by molar-refractivity contribution is -0.158. The van der Waals surface area contributed by atoms with Gasteiger partial charge in [-0.05, 0) is 32.1 Å². The second kappa shape index (κ2) is 8.08. The van der Waals surface area contributed by atoms with Crippen LogP contribution in [0.5, 0.6) is 0 Å². The molecule has 0 unspecified atom stereocenters. The summed E-state index contributed by atoms with van der Waals surface area (Å²) in [5.74, 6) is -0.249. The van der Waals surface area contributed by atoms with E-state index in [2.05, 4.69) is 6.08 Å². The lowest BCUT2D eigenvalue weighted by atomic mass is 9.89. The first kappa shape index (κ1) is 15.1. The Labute approximate surface area is 120 Å². The smallest absolute Gasteiger partial charge is 0.309 e. The number of allylic oxidation sites excluding steroid dienone is 2. The highest BCUT2D eigenvalue weighted by Crippen LogP contribution is 2.24. The molecular weight excluding hydrogens is 256 g/mol. The molecule has 1 atom stereocenters. The molecule has 2 aliphatic rings. The zero-order valence-corrected chi connectivity index (χ0v) is 12.0. The summed E-state index contributed by atoms with van der Waals surface area (Å²) < 4.78 is 10.4. The molecule has 0 radical (unpaired) electrons. The van der Waals surface area contributed by atoms with Crippen molar-refractivity contribution >= 4 is 11.9 Å². The Bertz CT molecular complexity index is 355. The lowest BCUT2D eigenvalue weighted by Gasteiger charge is -2.20. The molecule has 1 fully saturated rings. The Morgan fingerprint density at radius 3 is 2.10 bits per heavy atom. The van der Waals surface area contributed by atoms with Gasteiger partial charge in [-0.1, -0.05) is 31.4 Å². The first-order valence-electron chi connectivity index (χ1n) is 7.75. The number of carbonyl (C=O) groups excluding carboxylic acids is 2. The molecule has 112 valence electrons. The van der Waals surface area contributed by atoms with Gasteiger partial charge in [0.15, 0.2) is 0 Å². The van der Waals surface area contributed by atoms with Gasteiger partial charge in [-0.25, -0.2) is 0 Å². The molecule has 1 saturated carbocycles. The molecule has 2 rings (SSSR count). The molecule has 0 amide bonds. The minimum Gasteiger partial charge on any atom is -0.462 e. The van der Waals surface area contributed by atoms with Crippen molar-refractivity contribution in [2.24, 2.45) is 11.8 Å². The van der Waals surface area contributed by atoms with Gasteiger partial charge in [-0.3, -0.25) is 9.59 Å². The molecule has 2 aliphatic carbocycles. The number of rotatable bonds is 5. The summed E-state index contributed by atoms with van der Waals surface area (Å²) in [5, 5.41) is 0. The van der Waals surface area contributed by atoms with E-state index in [1.165, 1.54) is 6.42 Å². The number of carbonyl (C=O) groups is 2. The van der Waals surface area contributed by atoms with E-state index in [-0.39, 0.29) is 37.0 Å². The van der Waals surface area contributed by atoms with Crippen molar-refractivity contribution < 1.29 is 19.1 Å². The minimum atomic E-state index is -0.164. The van der Waals surface area contributed by atoms with E-state index in [1.807, 2.05) is 6.08 Å². The minimum absolute atomic E-state index is 0.0194. The summed E-state index contributed by atoms with van der Waals surface area (Å²) in [5.41, 5.74) is 0. The van der Waals surface area contributed by atoms with E-state index in [0.717, 1.165) is 44.9 Å². The molecule has 0 aromatic carbocycles. The molecule has 0 heterocycles. The fourth-order valence-corrected chi connectivity index (χ4v) is 2.87. The highest BCUT2D eigenvalue weighted by atomic mass is 16.6. The van der Waals surface area contributed by atoms with Crippen molar-refractivity contribution in [1.82, 2.24) is 0 Å². The maximum absolute atomic E-state index is 11.8. The second-order valence-electron chi connectivity index (χ2n) is 5.65. The van der Waals surface area contributed by atoms with Crippen molar-refractivity contribution in [2.45, 2.75) is 51.4 Å². The third-order valence-electron chi connectivity index (χ3n) is 4.11. The third kappa shape index (κ3) is 4.66. The molecular formula is C16H24O4. The van der Waals surface area contributed by atoms with Gasteiger partial charge in [0.2, 0.25) is 0 Å². The van der Waals surface area contributed by atoms with Gasteiger partial charge in [0.1, 0.15) is 13.2 Å². The third-order valence-corrected chi connectivity index (χ3v) is 4.11. The Kier molecular flexibility index (Phi) is 6.09. The zero-order chi connectivity index (χ0) is 14.2. The first-order valence-corrected chi connectivity index (χ1v) is 7.75. The van der Waals surface area contributed by atoms with Crippen LogP contribution < -0.4 is 0 Å². The van der Waals surface area contributed by atoms with Crippen molar-refractivity contribution in [3.8, 4) is 0 Å². The van der Waals surface area contributed by atoms with Crippen LogP contribution in [0.25, 0.3) is 0 Å². The second-order valence-corrected chi connectivity index (χ2v) is 5.65. The zero-order valence-electron chi connectivity index (χ0n) is 12.0. The number of hydrogen-bond acceptors (Lipinski definition) is 4. The van der Waals surface area contributed by atoms with Gasteiger partial charge in [0.25, 0.3) is 0 Å². The van der Waals surface area contributed by atoms with Crippen molar-refractivity contribution in [2.75, 3.05) is 13.2 Å². The summed E-state index contributed by atoms with van der Waals surface area (Å²) in [6.45, 7) is 0.362. The fraction of sp³-hybridized carbons (Fsp3) is 0.750. The number of esters is 2. The van der Waals surface area contributed by atoms with Crippen LogP contribution in [0.1, 0.15) is 51.4 Å². The molecule has 0 spiro atoms. The number of ether oxygens (including phenoxy) is 2. The van der Waals surface area contributed by atoms with E-state index < -0.39 is 0 Å². The van der Waals surface area contributed by atoms with Crippen molar-refractivity contribution in [3.63, 3.8) is 0 Å². The largest absolute Gasteiger partial charge is 0.462 e. The molecule has 20 heavy (non-hydrogen) atoms. The van der Waals surface area contributed by atoms with E-state index >= 15 is 0 Å². The average molecular weight is 280 g/mol. The van der Waals surface area contributed by atoms with Crippen LogP contribution in [0.2, 0.25) is 0 Å². The van der Waals surface area contributed by atoms with Crippen LogP contribution in [-0.4, -0.2) is 25.2 Å². The van der Waals surface area contributed by atoms with Gasteiger partial charge >= 0.3 is 11.9 Å². The van der Waals surface area contributed by atoms with E-state index in [4.69, 9.17) is 9.47 Å².